The molecule has 21 heavy (non-hydrogen) atoms. The van der Waals surface area contributed by atoms with Crippen molar-refractivity contribution in [2.75, 3.05) is 11.1 Å². The Kier molecular flexibility index (Phi) is 4.06. The lowest BCUT2D eigenvalue weighted by atomic mass is 10.1. The Morgan fingerprint density at radius 3 is 2.90 bits per heavy atom. The van der Waals surface area contributed by atoms with E-state index in [2.05, 4.69) is 46.9 Å². The smallest absolute Gasteiger partial charge is 0.0951 e. The van der Waals surface area contributed by atoms with Gasteiger partial charge in [0.1, 0.15) is 0 Å². The van der Waals surface area contributed by atoms with Crippen LogP contribution in [0.15, 0.2) is 48.0 Å². The standard InChI is InChI=1S/C17H19N3S/c1-2-5-15(16-7-4-11-21-16)20-14-9-8-13(18)17-12(14)6-3-10-19-17/h3-4,6-11,15,20H,2,5,18H2,1H3. The largest absolute Gasteiger partial charge is 0.397 e. The quantitative estimate of drug-likeness (QED) is 0.663. The van der Waals surface area contributed by atoms with E-state index >= 15 is 0 Å². The van der Waals surface area contributed by atoms with E-state index in [1.165, 1.54) is 4.88 Å². The van der Waals surface area contributed by atoms with Gasteiger partial charge in [0, 0.05) is 22.1 Å². The van der Waals surface area contributed by atoms with E-state index in [1.54, 1.807) is 17.5 Å². The summed E-state index contributed by atoms with van der Waals surface area (Å²) in [7, 11) is 0. The van der Waals surface area contributed by atoms with Crippen LogP contribution < -0.4 is 11.1 Å². The van der Waals surface area contributed by atoms with Crippen LogP contribution in [-0.4, -0.2) is 4.98 Å². The van der Waals surface area contributed by atoms with Gasteiger partial charge in [0.05, 0.1) is 17.2 Å². The van der Waals surface area contributed by atoms with Gasteiger partial charge < -0.3 is 11.1 Å². The Morgan fingerprint density at radius 1 is 1.24 bits per heavy atom. The summed E-state index contributed by atoms with van der Waals surface area (Å²) in [5.74, 6) is 0. The van der Waals surface area contributed by atoms with E-state index in [1.807, 2.05) is 12.1 Å². The molecule has 1 aromatic carbocycles. The molecule has 0 fully saturated rings. The van der Waals surface area contributed by atoms with Gasteiger partial charge in [-0.25, -0.2) is 0 Å². The van der Waals surface area contributed by atoms with Gasteiger partial charge >= 0.3 is 0 Å². The molecule has 3 aromatic rings. The van der Waals surface area contributed by atoms with Crippen molar-refractivity contribution in [2.45, 2.75) is 25.8 Å². The maximum absolute atomic E-state index is 6.02. The third kappa shape index (κ3) is 2.85. The van der Waals surface area contributed by atoms with Crippen LogP contribution >= 0.6 is 11.3 Å². The summed E-state index contributed by atoms with van der Waals surface area (Å²) in [6.07, 6.45) is 4.03. The number of hydrogen-bond donors (Lipinski definition) is 2. The van der Waals surface area contributed by atoms with Gasteiger partial charge in [-0.15, -0.1) is 11.3 Å². The molecule has 3 N–H and O–H groups in total. The molecule has 3 rings (SSSR count). The molecule has 0 bridgehead atoms. The van der Waals surface area contributed by atoms with Gasteiger partial charge in [0.15, 0.2) is 0 Å². The lowest BCUT2D eigenvalue weighted by Crippen LogP contribution is -2.09. The maximum Gasteiger partial charge on any atom is 0.0951 e. The molecule has 1 unspecified atom stereocenters. The predicted octanol–water partition coefficient (Wildman–Crippen LogP) is 4.83. The Labute approximate surface area is 128 Å². The molecular weight excluding hydrogens is 278 g/mol. The lowest BCUT2D eigenvalue weighted by molar-refractivity contribution is 0.688. The molecule has 1 atom stereocenters. The number of nitrogens with one attached hydrogen (secondary N) is 1. The molecule has 0 aliphatic heterocycles. The van der Waals surface area contributed by atoms with Crippen LogP contribution in [0.4, 0.5) is 11.4 Å². The van der Waals surface area contributed by atoms with Crippen LogP contribution in [0.1, 0.15) is 30.7 Å². The minimum atomic E-state index is 0.335. The molecule has 3 nitrogen and oxygen atoms in total. The van der Waals surface area contributed by atoms with Crippen molar-refractivity contribution in [1.82, 2.24) is 4.98 Å². The molecule has 0 saturated carbocycles. The maximum atomic E-state index is 6.02. The summed E-state index contributed by atoms with van der Waals surface area (Å²) < 4.78 is 0. The number of pyridine rings is 1. The fourth-order valence-electron chi connectivity index (χ4n) is 2.57. The summed E-state index contributed by atoms with van der Waals surface area (Å²) in [5.41, 5.74) is 8.70. The van der Waals surface area contributed by atoms with E-state index < -0.39 is 0 Å². The number of benzene rings is 1. The Hall–Kier alpha value is -2.07. The molecule has 2 aromatic heterocycles. The highest BCUT2D eigenvalue weighted by atomic mass is 32.1. The highest BCUT2D eigenvalue weighted by Crippen LogP contribution is 2.32. The molecule has 108 valence electrons. The van der Waals surface area contributed by atoms with Crippen molar-refractivity contribution < 1.29 is 0 Å². The van der Waals surface area contributed by atoms with E-state index in [0.29, 0.717) is 6.04 Å². The monoisotopic (exact) mass is 297 g/mol. The summed E-state index contributed by atoms with van der Waals surface area (Å²) in [5, 5.41) is 6.87. The Morgan fingerprint density at radius 2 is 2.14 bits per heavy atom. The van der Waals surface area contributed by atoms with Gasteiger partial charge in [-0.05, 0) is 42.1 Å². The summed E-state index contributed by atoms with van der Waals surface area (Å²) in [4.78, 5) is 5.76. The van der Waals surface area contributed by atoms with Crippen molar-refractivity contribution in [3.05, 3.63) is 52.9 Å². The number of nitrogens with zero attached hydrogens (tertiary/aromatic N) is 1. The van der Waals surface area contributed by atoms with E-state index in [0.717, 1.165) is 35.1 Å². The van der Waals surface area contributed by atoms with Crippen LogP contribution in [0.5, 0.6) is 0 Å². The zero-order chi connectivity index (χ0) is 14.7. The predicted molar refractivity (Wildman–Crippen MR) is 91.7 cm³/mol. The second-order valence-corrected chi connectivity index (χ2v) is 6.08. The second-order valence-electron chi connectivity index (χ2n) is 5.10. The SMILES string of the molecule is CCCC(Nc1ccc(N)c2ncccc12)c1cccs1. The fourth-order valence-corrected chi connectivity index (χ4v) is 3.38. The van der Waals surface area contributed by atoms with Crippen LogP contribution in [0.25, 0.3) is 10.9 Å². The number of fused-ring (bicyclic) bond motifs is 1. The average molecular weight is 297 g/mol. The highest BCUT2D eigenvalue weighted by molar-refractivity contribution is 7.10. The normalized spacial score (nSPS) is 12.4. The van der Waals surface area contributed by atoms with E-state index in [9.17, 15) is 0 Å². The Balaban J connectivity index is 1.98. The summed E-state index contributed by atoms with van der Waals surface area (Å²) in [6.45, 7) is 2.21. The van der Waals surface area contributed by atoms with Crippen LogP contribution in [0.3, 0.4) is 0 Å². The van der Waals surface area contributed by atoms with Gasteiger partial charge in [-0.1, -0.05) is 19.4 Å². The fraction of sp³-hybridized carbons (Fsp3) is 0.235. The van der Waals surface area contributed by atoms with Crippen molar-refractivity contribution in [3.63, 3.8) is 0 Å². The first-order valence-corrected chi connectivity index (χ1v) is 8.10. The third-order valence-electron chi connectivity index (χ3n) is 3.59. The molecule has 0 saturated heterocycles. The first-order valence-electron chi connectivity index (χ1n) is 7.22. The molecule has 0 aliphatic carbocycles. The number of nitrogens with two attached hydrogens (primary N) is 1. The van der Waals surface area contributed by atoms with Crippen molar-refractivity contribution >= 4 is 33.6 Å². The minimum Gasteiger partial charge on any atom is -0.397 e. The number of hydrogen-bond acceptors (Lipinski definition) is 4. The van der Waals surface area contributed by atoms with Gasteiger partial charge in [-0.3, -0.25) is 4.98 Å². The van der Waals surface area contributed by atoms with Gasteiger partial charge in [0.25, 0.3) is 0 Å². The zero-order valence-corrected chi connectivity index (χ0v) is 12.9. The Bertz CT molecular complexity index is 722. The van der Waals surface area contributed by atoms with Crippen molar-refractivity contribution in [3.8, 4) is 0 Å². The second kappa shape index (κ2) is 6.14. The minimum absolute atomic E-state index is 0.335. The molecule has 0 aliphatic rings. The first-order chi connectivity index (χ1) is 10.3. The van der Waals surface area contributed by atoms with Gasteiger partial charge in [0.2, 0.25) is 0 Å². The number of nitrogen functional groups attached to an aromatic ring is 1. The molecule has 2 heterocycles. The summed E-state index contributed by atoms with van der Waals surface area (Å²) >= 11 is 1.80. The highest BCUT2D eigenvalue weighted by Gasteiger charge is 2.13. The van der Waals surface area contributed by atoms with E-state index in [4.69, 9.17) is 5.73 Å². The van der Waals surface area contributed by atoms with Crippen LogP contribution in [0.2, 0.25) is 0 Å². The first kappa shape index (κ1) is 13.9. The molecule has 0 spiro atoms. The van der Waals surface area contributed by atoms with E-state index in [-0.39, 0.29) is 0 Å². The number of anilines is 2. The van der Waals surface area contributed by atoms with Crippen molar-refractivity contribution in [1.29, 1.82) is 0 Å². The molecule has 4 heteroatoms. The molecular formula is C17H19N3S. The number of aromatic nitrogens is 1. The van der Waals surface area contributed by atoms with Crippen LogP contribution in [0, 0.1) is 0 Å². The van der Waals surface area contributed by atoms with Gasteiger partial charge in [-0.2, -0.15) is 0 Å². The average Bonchev–Trinajstić information content (AvgIpc) is 3.04. The number of rotatable bonds is 5. The molecule has 0 amide bonds. The lowest BCUT2D eigenvalue weighted by Gasteiger charge is -2.19. The third-order valence-corrected chi connectivity index (χ3v) is 4.58. The van der Waals surface area contributed by atoms with Crippen LogP contribution in [-0.2, 0) is 0 Å². The zero-order valence-electron chi connectivity index (χ0n) is 12.0. The number of thiophene rings is 1. The topological polar surface area (TPSA) is 50.9 Å². The molecule has 0 radical (unpaired) electrons. The van der Waals surface area contributed by atoms with Crippen molar-refractivity contribution in [2.24, 2.45) is 0 Å². The summed E-state index contributed by atoms with van der Waals surface area (Å²) in [6, 6.07) is 12.6.